The van der Waals surface area contributed by atoms with E-state index in [9.17, 15) is 10.4 Å². The van der Waals surface area contributed by atoms with Gasteiger partial charge in [0.05, 0.1) is 12.7 Å². The molecule has 0 amide bonds. The van der Waals surface area contributed by atoms with Gasteiger partial charge < -0.3 is 14.6 Å². The lowest BCUT2D eigenvalue weighted by molar-refractivity contribution is -0.106. The number of pyridine rings is 1. The molecule has 2 aliphatic rings. The zero-order chi connectivity index (χ0) is 20.9. The van der Waals surface area contributed by atoms with Crippen LogP contribution in [0.25, 0.3) is 0 Å². The highest BCUT2D eigenvalue weighted by atomic mass is 79.9. The van der Waals surface area contributed by atoms with E-state index in [1.54, 1.807) is 6.07 Å². The summed E-state index contributed by atoms with van der Waals surface area (Å²) in [6.45, 7) is 0. The first kappa shape index (κ1) is 19.1. The summed E-state index contributed by atoms with van der Waals surface area (Å²) in [6.07, 6.45) is 1.22. The third-order valence-corrected chi connectivity index (χ3v) is 6.85. The Morgan fingerprint density at radius 1 is 1.20 bits per heavy atom. The van der Waals surface area contributed by atoms with E-state index in [4.69, 9.17) is 9.47 Å². The molecule has 30 heavy (non-hydrogen) atoms. The lowest BCUT2D eigenvalue weighted by atomic mass is 9.72. The van der Waals surface area contributed by atoms with E-state index in [2.05, 4.69) is 39.1 Å². The molecule has 2 aromatic carbocycles. The monoisotopic (exact) mass is 462 g/mol. The van der Waals surface area contributed by atoms with Gasteiger partial charge in [-0.25, -0.2) is 4.98 Å². The van der Waals surface area contributed by atoms with E-state index in [1.807, 2.05) is 42.5 Å². The number of methoxy groups -OCH3 is 1. The van der Waals surface area contributed by atoms with Crippen molar-refractivity contribution in [2.75, 3.05) is 7.11 Å². The Morgan fingerprint density at radius 2 is 1.93 bits per heavy atom. The molecule has 3 aromatic rings. The van der Waals surface area contributed by atoms with E-state index < -0.39 is 11.2 Å². The molecule has 0 bridgehead atoms. The second-order valence-corrected chi connectivity index (χ2v) is 8.62. The van der Waals surface area contributed by atoms with Gasteiger partial charge in [-0.15, -0.1) is 0 Å². The Labute approximate surface area is 183 Å². The second kappa shape index (κ2) is 6.83. The Morgan fingerprint density at radius 3 is 2.60 bits per heavy atom. The molecule has 1 fully saturated rings. The minimum Gasteiger partial charge on any atom is -0.481 e. The molecule has 5 nitrogen and oxygen atoms in total. The molecule has 1 saturated carbocycles. The maximum atomic E-state index is 12.2. The van der Waals surface area contributed by atoms with Crippen LogP contribution in [0.2, 0.25) is 0 Å². The van der Waals surface area contributed by atoms with Gasteiger partial charge in [-0.3, -0.25) is 0 Å². The largest absolute Gasteiger partial charge is 0.481 e. The van der Waals surface area contributed by atoms with Crippen molar-refractivity contribution in [2.24, 2.45) is 0 Å². The van der Waals surface area contributed by atoms with Gasteiger partial charge in [-0.2, -0.15) is 5.26 Å². The summed E-state index contributed by atoms with van der Waals surface area (Å²) in [7, 11) is 1.50. The topological polar surface area (TPSA) is 75.4 Å². The van der Waals surface area contributed by atoms with E-state index in [0.717, 1.165) is 22.0 Å². The van der Waals surface area contributed by atoms with Crippen molar-refractivity contribution in [1.29, 1.82) is 5.26 Å². The first-order valence-corrected chi connectivity index (χ1v) is 10.5. The van der Waals surface area contributed by atoms with Crippen LogP contribution in [-0.2, 0) is 11.2 Å². The predicted octanol–water partition coefficient (Wildman–Crippen LogP) is 4.78. The fraction of sp³-hybridized carbons (Fsp3) is 0.250. The maximum Gasteiger partial charge on any atom is 0.224 e. The fourth-order valence-corrected chi connectivity index (χ4v) is 5.38. The van der Waals surface area contributed by atoms with Crippen LogP contribution in [0.4, 0.5) is 0 Å². The van der Waals surface area contributed by atoms with Crippen molar-refractivity contribution in [2.45, 2.75) is 30.0 Å². The number of benzene rings is 2. The number of hydrogen-bond acceptors (Lipinski definition) is 5. The Bertz CT molecular complexity index is 1160. The van der Waals surface area contributed by atoms with Crippen molar-refractivity contribution in [3.63, 3.8) is 0 Å². The Kier molecular flexibility index (Phi) is 4.35. The third-order valence-electron chi connectivity index (χ3n) is 6.32. The molecular formula is C24H19BrN2O3. The molecule has 1 aliphatic carbocycles. The lowest BCUT2D eigenvalue weighted by Gasteiger charge is -2.40. The first-order chi connectivity index (χ1) is 14.5. The number of ether oxygens (including phenoxy) is 2. The lowest BCUT2D eigenvalue weighted by Crippen LogP contribution is -2.48. The van der Waals surface area contributed by atoms with E-state index in [-0.39, 0.29) is 17.5 Å². The van der Waals surface area contributed by atoms with Gasteiger partial charge in [-0.05, 0) is 36.1 Å². The zero-order valence-electron chi connectivity index (χ0n) is 16.3. The molecule has 5 rings (SSSR count). The summed E-state index contributed by atoms with van der Waals surface area (Å²) in [5.41, 5.74) is 0.276. The minimum absolute atomic E-state index is 0.0903. The quantitative estimate of drug-likeness (QED) is 0.606. The van der Waals surface area contributed by atoms with E-state index >= 15 is 0 Å². The molecule has 0 radical (unpaired) electrons. The van der Waals surface area contributed by atoms with Crippen molar-refractivity contribution >= 4 is 15.9 Å². The van der Waals surface area contributed by atoms with Gasteiger partial charge in [0.1, 0.15) is 23.1 Å². The molecule has 0 saturated heterocycles. The highest BCUT2D eigenvalue weighted by molar-refractivity contribution is 9.10. The average Bonchev–Trinajstić information content (AvgIpc) is 3.21. The highest BCUT2D eigenvalue weighted by Crippen LogP contribution is 2.67. The molecule has 3 atom stereocenters. The molecule has 0 spiro atoms. The molecular weight excluding hydrogens is 444 g/mol. The first-order valence-electron chi connectivity index (χ1n) is 9.75. The summed E-state index contributed by atoms with van der Waals surface area (Å²) in [6, 6.07) is 21.6. The number of nitriles is 1. The average molecular weight is 463 g/mol. The maximum absolute atomic E-state index is 12.2. The summed E-state index contributed by atoms with van der Waals surface area (Å²) in [5.74, 6) is 0.594. The standard InChI is InChI=1S/C24H19BrN2O3/c1-29-22-21-20(13-18(14-26)27-22)30-24(16-7-9-17(25)10-8-16)19(11-12-23(21,24)28)15-5-3-2-4-6-15/h2-10,13,19,28H,11-12H2,1H3. The number of aromatic nitrogens is 1. The molecule has 3 unspecified atom stereocenters. The summed E-state index contributed by atoms with van der Waals surface area (Å²) < 4.78 is 13.1. The number of aliphatic hydroxyl groups is 1. The third kappa shape index (κ3) is 2.46. The Balaban J connectivity index is 1.80. The number of halogens is 1. The highest BCUT2D eigenvalue weighted by Gasteiger charge is 2.69. The van der Waals surface area contributed by atoms with Crippen LogP contribution >= 0.6 is 15.9 Å². The van der Waals surface area contributed by atoms with E-state index in [0.29, 0.717) is 17.7 Å². The van der Waals surface area contributed by atoms with Gasteiger partial charge in [0.25, 0.3) is 0 Å². The van der Waals surface area contributed by atoms with Gasteiger partial charge in [0, 0.05) is 16.5 Å². The fourth-order valence-electron chi connectivity index (χ4n) is 5.12. The zero-order valence-corrected chi connectivity index (χ0v) is 17.9. The second-order valence-electron chi connectivity index (χ2n) is 7.71. The molecule has 1 aromatic heterocycles. The van der Waals surface area contributed by atoms with Crippen LogP contribution in [0.1, 0.15) is 41.1 Å². The normalized spacial score (nSPS) is 26.4. The molecule has 150 valence electrons. The molecule has 6 heteroatoms. The van der Waals surface area contributed by atoms with Crippen LogP contribution in [0.5, 0.6) is 11.6 Å². The van der Waals surface area contributed by atoms with Crippen LogP contribution in [-0.4, -0.2) is 17.2 Å². The van der Waals surface area contributed by atoms with Gasteiger partial charge >= 0.3 is 0 Å². The number of hydrogen-bond donors (Lipinski definition) is 1. The van der Waals surface area contributed by atoms with Crippen LogP contribution < -0.4 is 9.47 Å². The summed E-state index contributed by atoms with van der Waals surface area (Å²) in [5, 5.41) is 21.6. The number of rotatable bonds is 3. The minimum atomic E-state index is -1.34. The summed E-state index contributed by atoms with van der Waals surface area (Å²) >= 11 is 3.50. The van der Waals surface area contributed by atoms with Crippen LogP contribution in [0.15, 0.2) is 65.1 Å². The predicted molar refractivity (Wildman–Crippen MR) is 114 cm³/mol. The van der Waals surface area contributed by atoms with Crippen LogP contribution in [0, 0.1) is 11.3 Å². The van der Waals surface area contributed by atoms with Gasteiger partial charge in [0.2, 0.25) is 5.88 Å². The SMILES string of the molecule is COc1nc(C#N)cc2c1C1(O)CCC(c3ccccc3)C1(c1ccc(Br)cc1)O2. The molecule has 1 N–H and O–H groups in total. The molecule has 1 aliphatic heterocycles. The molecule has 2 heterocycles. The van der Waals surface area contributed by atoms with E-state index in [1.165, 1.54) is 7.11 Å². The van der Waals surface area contributed by atoms with Crippen molar-refractivity contribution in [1.82, 2.24) is 4.98 Å². The smallest absolute Gasteiger partial charge is 0.224 e. The van der Waals surface area contributed by atoms with Crippen molar-refractivity contribution in [3.8, 4) is 17.7 Å². The Hall–Kier alpha value is -2.88. The van der Waals surface area contributed by atoms with Crippen LogP contribution in [0.3, 0.4) is 0 Å². The number of fused-ring (bicyclic) bond motifs is 3. The van der Waals surface area contributed by atoms with Gasteiger partial charge in [-0.1, -0.05) is 58.4 Å². The van der Waals surface area contributed by atoms with Crippen molar-refractivity contribution in [3.05, 3.63) is 87.5 Å². The van der Waals surface area contributed by atoms with Crippen molar-refractivity contribution < 1.29 is 14.6 Å². The number of nitrogens with zero attached hydrogens (tertiary/aromatic N) is 2. The summed E-state index contributed by atoms with van der Waals surface area (Å²) in [4.78, 5) is 4.29. The van der Waals surface area contributed by atoms with Gasteiger partial charge in [0.15, 0.2) is 5.60 Å².